The van der Waals surface area contributed by atoms with Crippen LogP contribution in [0.2, 0.25) is 0 Å². The van der Waals surface area contributed by atoms with E-state index in [1.54, 1.807) is 6.92 Å². The molecule has 1 aromatic heterocycles. The van der Waals surface area contributed by atoms with Gasteiger partial charge in [-0.1, -0.05) is 60.7 Å². The summed E-state index contributed by atoms with van der Waals surface area (Å²) in [5.41, 5.74) is 3.95. The summed E-state index contributed by atoms with van der Waals surface area (Å²) in [5, 5.41) is 9.54. The lowest BCUT2D eigenvalue weighted by Gasteiger charge is -2.09. The van der Waals surface area contributed by atoms with E-state index < -0.39 is 0 Å². The Balaban J connectivity index is 2.03. The predicted octanol–water partition coefficient (Wildman–Crippen LogP) is 4.12. The van der Waals surface area contributed by atoms with E-state index >= 15 is 0 Å². The molecule has 0 radical (unpaired) electrons. The van der Waals surface area contributed by atoms with E-state index in [0.717, 1.165) is 34.8 Å². The Morgan fingerprint density at radius 1 is 0.870 bits per heavy atom. The lowest BCUT2D eigenvalue weighted by atomic mass is 10.1. The van der Waals surface area contributed by atoms with E-state index in [0.29, 0.717) is 6.42 Å². The highest BCUT2D eigenvalue weighted by molar-refractivity contribution is 5.64. The Hall–Kier alpha value is -2.52. The molecule has 0 saturated heterocycles. The van der Waals surface area contributed by atoms with Crippen LogP contribution in [-0.4, -0.2) is 21.2 Å². The first kappa shape index (κ1) is 15.4. The summed E-state index contributed by atoms with van der Waals surface area (Å²) < 4.78 is 0. The summed E-state index contributed by atoms with van der Waals surface area (Å²) in [6, 6.07) is 22.1. The Kier molecular flexibility index (Phi) is 4.79. The van der Waals surface area contributed by atoms with Crippen molar-refractivity contribution in [2.75, 3.05) is 0 Å². The molecule has 0 spiro atoms. The highest BCUT2D eigenvalue weighted by atomic mass is 16.3. The van der Waals surface area contributed by atoms with Crippen LogP contribution < -0.4 is 0 Å². The van der Waals surface area contributed by atoms with E-state index in [9.17, 15) is 5.11 Å². The van der Waals surface area contributed by atoms with Crippen LogP contribution in [0, 0.1) is 0 Å². The standard InChI is InChI=1S/C20H20N2O/c1-15(23)12-13-18-14-19(16-8-4-2-5-9-16)22-20(21-18)17-10-6-3-7-11-17/h2-11,14-15,23H,12-13H2,1H3. The third-order valence-electron chi connectivity index (χ3n) is 3.70. The lowest BCUT2D eigenvalue weighted by molar-refractivity contribution is 0.184. The monoisotopic (exact) mass is 304 g/mol. The maximum absolute atomic E-state index is 9.54. The van der Waals surface area contributed by atoms with E-state index in [4.69, 9.17) is 4.98 Å². The summed E-state index contributed by atoms with van der Waals surface area (Å²) in [6.07, 6.45) is 1.10. The molecule has 0 fully saturated rings. The average molecular weight is 304 g/mol. The van der Waals surface area contributed by atoms with Crippen molar-refractivity contribution in [3.8, 4) is 22.6 Å². The number of nitrogens with zero attached hydrogens (tertiary/aromatic N) is 2. The zero-order valence-corrected chi connectivity index (χ0v) is 13.2. The zero-order chi connectivity index (χ0) is 16.1. The number of aryl methyl sites for hydroxylation is 1. The van der Waals surface area contributed by atoms with Crippen molar-refractivity contribution in [3.63, 3.8) is 0 Å². The minimum absolute atomic E-state index is 0.328. The van der Waals surface area contributed by atoms with Gasteiger partial charge in [-0.15, -0.1) is 0 Å². The molecule has 1 unspecified atom stereocenters. The first-order valence-corrected chi connectivity index (χ1v) is 7.89. The number of aliphatic hydroxyl groups excluding tert-OH is 1. The predicted molar refractivity (Wildman–Crippen MR) is 92.9 cm³/mol. The second kappa shape index (κ2) is 7.16. The minimum atomic E-state index is -0.328. The number of hydrogen-bond acceptors (Lipinski definition) is 3. The molecule has 3 aromatic rings. The molecule has 3 heteroatoms. The van der Waals surface area contributed by atoms with Crippen molar-refractivity contribution in [1.82, 2.24) is 9.97 Å². The zero-order valence-electron chi connectivity index (χ0n) is 13.2. The van der Waals surface area contributed by atoms with Gasteiger partial charge < -0.3 is 5.11 Å². The summed E-state index contributed by atoms with van der Waals surface area (Å²) >= 11 is 0. The van der Waals surface area contributed by atoms with E-state index in [1.165, 1.54) is 0 Å². The molecule has 0 aliphatic rings. The van der Waals surface area contributed by atoms with Crippen LogP contribution in [0.5, 0.6) is 0 Å². The van der Waals surface area contributed by atoms with Crippen LogP contribution in [0.3, 0.4) is 0 Å². The molecule has 0 saturated carbocycles. The van der Waals surface area contributed by atoms with Crippen molar-refractivity contribution < 1.29 is 5.11 Å². The lowest BCUT2D eigenvalue weighted by Crippen LogP contribution is -2.04. The molecule has 1 atom stereocenters. The fraction of sp³-hybridized carbons (Fsp3) is 0.200. The Morgan fingerprint density at radius 3 is 2.09 bits per heavy atom. The Bertz CT molecular complexity index is 697. The molecular formula is C20H20N2O. The quantitative estimate of drug-likeness (QED) is 0.771. The minimum Gasteiger partial charge on any atom is -0.393 e. The number of rotatable bonds is 5. The van der Waals surface area contributed by atoms with Crippen LogP contribution in [-0.2, 0) is 6.42 Å². The Morgan fingerprint density at radius 2 is 1.48 bits per heavy atom. The number of aliphatic hydroxyl groups is 1. The summed E-state index contributed by atoms with van der Waals surface area (Å²) in [7, 11) is 0. The maximum Gasteiger partial charge on any atom is 0.160 e. The van der Waals surface area contributed by atoms with Crippen LogP contribution in [0.25, 0.3) is 22.6 Å². The summed E-state index contributed by atoms with van der Waals surface area (Å²) in [5.74, 6) is 0.729. The van der Waals surface area contributed by atoms with E-state index in [1.807, 2.05) is 54.6 Å². The second-order valence-electron chi connectivity index (χ2n) is 5.69. The van der Waals surface area contributed by atoms with Gasteiger partial charge in [0.25, 0.3) is 0 Å². The fourth-order valence-electron chi connectivity index (χ4n) is 2.46. The average Bonchev–Trinajstić information content (AvgIpc) is 2.61. The van der Waals surface area contributed by atoms with Gasteiger partial charge in [-0.3, -0.25) is 0 Å². The maximum atomic E-state index is 9.54. The van der Waals surface area contributed by atoms with Gasteiger partial charge in [-0.05, 0) is 25.8 Å². The van der Waals surface area contributed by atoms with Gasteiger partial charge in [0.15, 0.2) is 5.82 Å². The molecule has 1 N–H and O–H groups in total. The van der Waals surface area contributed by atoms with Gasteiger partial charge in [0.1, 0.15) is 0 Å². The molecule has 23 heavy (non-hydrogen) atoms. The van der Waals surface area contributed by atoms with Crippen molar-refractivity contribution in [2.24, 2.45) is 0 Å². The molecule has 2 aromatic carbocycles. The number of benzene rings is 2. The molecule has 0 bridgehead atoms. The van der Waals surface area contributed by atoms with Gasteiger partial charge in [-0.25, -0.2) is 9.97 Å². The number of hydrogen-bond donors (Lipinski definition) is 1. The highest BCUT2D eigenvalue weighted by Gasteiger charge is 2.09. The molecule has 0 amide bonds. The van der Waals surface area contributed by atoms with Gasteiger partial charge >= 0.3 is 0 Å². The van der Waals surface area contributed by atoms with E-state index in [-0.39, 0.29) is 6.10 Å². The van der Waals surface area contributed by atoms with Gasteiger partial charge in [-0.2, -0.15) is 0 Å². The smallest absolute Gasteiger partial charge is 0.160 e. The van der Waals surface area contributed by atoms with Crippen molar-refractivity contribution in [3.05, 3.63) is 72.4 Å². The third-order valence-corrected chi connectivity index (χ3v) is 3.70. The van der Waals surface area contributed by atoms with Crippen LogP contribution in [0.15, 0.2) is 66.7 Å². The summed E-state index contributed by atoms with van der Waals surface area (Å²) in [4.78, 5) is 9.41. The molecular weight excluding hydrogens is 284 g/mol. The first-order chi connectivity index (χ1) is 11.2. The van der Waals surface area contributed by atoms with Crippen LogP contribution in [0.1, 0.15) is 19.0 Å². The van der Waals surface area contributed by atoms with E-state index in [2.05, 4.69) is 17.1 Å². The van der Waals surface area contributed by atoms with Crippen molar-refractivity contribution in [1.29, 1.82) is 0 Å². The molecule has 3 rings (SSSR count). The van der Waals surface area contributed by atoms with Crippen molar-refractivity contribution in [2.45, 2.75) is 25.9 Å². The second-order valence-corrected chi connectivity index (χ2v) is 5.69. The molecule has 3 nitrogen and oxygen atoms in total. The molecule has 0 aliphatic carbocycles. The molecule has 1 heterocycles. The van der Waals surface area contributed by atoms with Gasteiger partial charge in [0.05, 0.1) is 11.8 Å². The van der Waals surface area contributed by atoms with Gasteiger partial charge in [0.2, 0.25) is 0 Å². The largest absolute Gasteiger partial charge is 0.393 e. The Labute approximate surface area is 136 Å². The molecule has 0 aliphatic heterocycles. The third kappa shape index (κ3) is 4.02. The highest BCUT2D eigenvalue weighted by Crippen LogP contribution is 2.23. The van der Waals surface area contributed by atoms with Gasteiger partial charge in [0, 0.05) is 16.8 Å². The number of aromatic nitrogens is 2. The van der Waals surface area contributed by atoms with Crippen LogP contribution in [0.4, 0.5) is 0 Å². The summed E-state index contributed by atoms with van der Waals surface area (Å²) in [6.45, 7) is 1.80. The van der Waals surface area contributed by atoms with Crippen LogP contribution >= 0.6 is 0 Å². The fourth-order valence-corrected chi connectivity index (χ4v) is 2.46. The first-order valence-electron chi connectivity index (χ1n) is 7.89. The van der Waals surface area contributed by atoms with Crippen molar-refractivity contribution >= 4 is 0 Å². The normalized spacial score (nSPS) is 12.1. The topological polar surface area (TPSA) is 46.0 Å². The molecule has 116 valence electrons. The SMILES string of the molecule is CC(O)CCc1cc(-c2ccccc2)nc(-c2ccccc2)n1.